The zero-order valence-corrected chi connectivity index (χ0v) is 13.1. The summed E-state index contributed by atoms with van der Waals surface area (Å²) in [6.07, 6.45) is 8.18. The van der Waals surface area contributed by atoms with Crippen LogP contribution in [0.3, 0.4) is 0 Å². The molecule has 0 aromatic rings. The Labute approximate surface area is 123 Å². The second-order valence-electron chi connectivity index (χ2n) is 6.00. The molecule has 0 N–H and O–H groups in total. The molecule has 1 saturated carbocycles. The van der Waals surface area contributed by atoms with Gasteiger partial charge >= 0.3 is 5.97 Å². The van der Waals surface area contributed by atoms with E-state index < -0.39 is 0 Å². The van der Waals surface area contributed by atoms with Crippen molar-refractivity contribution in [2.45, 2.75) is 64.3 Å². The molecule has 1 saturated heterocycles. The van der Waals surface area contributed by atoms with Gasteiger partial charge in [0, 0.05) is 0 Å². The first kappa shape index (κ1) is 16.8. The average Bonchev–Trinajstić information content (AvgIpc) is 2.40. The highest BCUT2D eigenvalue weighted by Gasteiger charge is 2.47. The minimum atomic E-state index is -0.298. The summed E-state index contributed by atoms with van der Waals surface area (Å²) in [6.45, 7) is 6.84. The molecular weight excluding hydrogens is 262 g/mol. The highest BCUT2D eigenvalue weighted by molar-refractivity contribution is 5.85. The fourth-order valence-electron chi connectivity index (χ4n) is 3.71. The van der Waals surface area contributed by atoms with Gasteiger partial charge in [0.15, 0.2) is 0 Å². The van der Waals surface area contributed by atoms with Gasteiger partial charge < -0.3 is 4.74 Å². The van der Waals surface area contributed by atoms with Crippen LogP contribution in [0.4, 0.5) is 0 Å². The fraction of sp³-hybridized carbons (Fsp3) is 0.933. The predicted octanol–water partition coefficient (Wildman–Crippen LogP) is 3.41. The number of piperidine rings is 1. The first-order chi connectivity index (χ1) is 8.69. The lowest BCUT2D eigenvalue weighted by Crippen LogP contribution is -2.59. The smallest absolute Gasteiger partial charge is 0.326 e. The Bertz CT molecular complexity index is 292. The lowest BCUT2D eigenvalue weighted by molar-refractivity contribution is -0.163. The molecule has 112 valence electrons. The fourth-order valence-corrected chi connectivity index (χ4v) is 3.71. The van der Waals surface area contributed by atoms with E-state index in [0.717, 1.165) is 32.4 Å². The SMILES string of the molecule is CCOC(=O)C1(N2CCCCC2)CCCC(C)C1.Cl. The summed E-state index contributed by atoms with van der Waals surface area (Å²) in [7, 11) is 0. The number of carbonyl (C=O) groups is 1. The largest absolute Gasteiger partial charge is 0.465 e. The summed E-state index contributed by atoms with van der Waals surface area (Å²) in [6, 6.07) is 0. The van der Waals surface area contributed by atoms with Crippen molar-refractivity contribution in [1.82, 2.24) is 4.90 Å². The van der Waals surface area contributed by atoms with Gasteiger partial charge in [0.25, 0.3) is 0 Å². The molecule has 2 aliphatic rings. The van der Waals surface area contributed by atoms with Crippen LogP contribution in [0.1, 0.15) is 58.8 Å². The van der Waals surface area contributed by atoms with Crippen molar-refractivity contribution in [3.8, 4) is 0 Å². The molecule has 0 radical (unpaired) electrons. The monoisotopic (exact) mass is 289 g/mol. The van der Waals surface area contributed by atoms with Gasteiger partial charge in [0.1, 0.15) is 5.54 Å². The van der Waals surface area contributed by atoms with Gasteiger partial charge in [-0.1, -0.05) is 26.2 Å². The van der Waals surface area contributed by atoms with Gasteiger partial charge in [-0.05, 0) is 51.6 Å². The Morgan fingerprint density at radius 2 is 1.95 bits per heavy atom. The second-order valence-corrected chi connectivity index (χ2v) is 6.00. The van der Waals surface area contributed by atoms with Gasteiger partial charge in [-0.3, -0.25) is 9.69 Å². The van der Waals surface area contributed by atoms with Gasteiger partial charge in [0.05, 0.1) is 6.61 Å². The molecule has 0 bridgehead atoms. The number of hydrogen-bond donors (Lipinski definition) is 0. The molecule has 2 rings (SSSR count). The topological polar surface area (TPSA) is 29.5 Å². The van der Waals surface area contributed by atoms with E-state index in [4.69, 9.17) is 4.74 Å². The van der Waals surface area contributed by atoms with Crippen molar-refractivity contribution < 1.29 is 9.53 Å². The Morgan fingerprint density at radius 3 is 2.53 bits per heavy atom. The van der Waals surface area contributed by atoms with E-state index in [2.05, 4.69) is 11.8 Å². The van der Waals surface area contributed by atoms with E-state index in [1.54, 1.807) is 0 Å². The maximum absolute atomic E-state index is 12.5. The van der Waals surface area contributed by atoms with Crippen LogP contribution in [0.25, 0.3) is 0 Å². The Kier molecular flexibility index (Phi) is 6.61. The van der Waals surface area contributed by atoms with Crippen molar-refractivity contribution in [3.63, 3.8) is 0 Å². The van der Waals surface area contributed by atoms with E-state index in [1.165, 1.54) is 25.7 Å². The number of carbonyl (C=O) groups excluding carboxylic acids is 1. The first-order valence-corrected chi connectivity index (χ1v) is 7.61. The number of hydrogen-bond acceptors (Lipinski definition) is 3. The molecule has 0 aromatic heterocycles. The Balaban J connectivity index is 0.00000180. The molecule has 0 spiro atoms. The predicted molar refractivity (Wildman–Crippen MR) is 79.7 cm³/mol. The van der Waals surface area contributed by atoms with Crippen molar-refractivity contribution in [1.29, 1.82) is 0 Å². The highest BCUT2D eigenvalue weighted by atomic mass is 35.5. The standard InChI is InChI=1S/C15H27NO2.ClH/c1-3-18-14(17)15(9-7-8-13(2)12-15)16-10-5-4-6-11-16;/h13H,3-12H2,1-2H3;1H. The number of esters is 1. The Morgan fingerprint density at radius 1 is 1.26 bits per heavy atom. The summed E-state index contributed by atoms with van der Waals surface area (Å²) >= 11 is 0. The summed E-state index contributed by atoms with van der Waals surface area (Å²) in [5.41, 5.74) is -0.298. The van der Waals surface area contributed by atoms with Crippen LogP contribution in [0, 0.1) is 5.92 Å². The lowest BCUT2D eigenvalue weighted by Gasteiger charge is -2.47. The summed E-state index contributed by atoms with van der Waals surface area (Å²) in [5.74, 6) is 0.684. The molecule has 1 aliphatic heterocycles. The number of nitrogens with zero attached hydrogens (tertiary/aromatic N) is 1. The quantitative estimate of drug-likeness (QED) is 0.746. The van der Waals surface area contributed by atoms with Crippen molar-refractivity contribution in [2.24, 2.45) is 5.92 Å². The molecule has 4 heteroatoms. The lowest BCUT2D eigenvalue weighted by atomic mass is 9.74. The third kappa shape index (κ3) is 3.63. The van der Waals surface area contributed by atoms with Crippen LogP contribution in [0.15, 0.2) is 0 Å². The van der Waals surface area contributed by atoms with E-state index in [0.29, 0.717) is 12.5 Å². The highest BCUT2D eigenvalue weighted by Crippen LogP contribution is 2.39. The maximum atomic E-state index is 12.5. The molecule has 2 fully saturated rings. The van der Waals surface area contributed by atoms with Gasteiger partial charge in [-0.25, -0.2) is 0 Å². The van der Waals surface area contributed by atoms with E-state index in [1.807, 2.05) is 6.92 Å². The summed E-state index contributed by atoms with van der Waals surface area (Å²) in [4.78, 5) is 14.9. The molecular formula is C15H28ClNO2. The van der Waals surface area contributed by atoms with Crippen LogP contribution >= 0.6 is 12.4 Å². The third-order valence-electron chi connectivity index (χ3n) is 4.59. The number of halogens is 1. The minimum Gasteiger partial charge on any atom is -0.465 e. The van der Waals surface area contributed by atoms with Crippen molar-refractivity contribution in [2.75, 3.05) is 19.7 Å². The van der Waals surface area contributed by atoms with Crippen LogP contribution in [0.2, 0.25) is 0 Å². The number of likely N-dealkylation sites (tertiary alicyclic amines) is 1. The second kappa shape index (κ2) is 7.49. The van der Waals surface area contributed by atoms with Gasteiger partial charge in [-0.15, -0.1) is 12.4 Å². The van der Waals surface area contributed by atoms with Crippen LogP contribution in [-0.2, 0) is 9.53 Å². The molecule has 2 unspecified atom stereocenters. The molecule has 2 atom stereocenters. The number of ether oxygens (including phenoxy) is 1. The maximum Gasteiger partial charge on any atom is 0.326 e. The average molecular weight is 290 g/mol. The summed E-state index contributed by atoms with van der Waals surface area (Å²) < 4.78 is 5.41. The van der Waals surface area contributed by atoms with E-state index in [-0.39, 0.29) is 23.9 Å². The molecule has 1 aliphatic carbocycles. The molecule has 19 heavy (non-hydrogen) atoms. The normalized spacial score (nSPS) is 32.4. The molecule has 0 aromatic carbocycles. The van der Waals surface area contributed by atoms with E-state index >= 15 is 0 Å². The summed E-state index contributed by atoms with van der Waals surface area (Å²) in [5, 5.41) is 0. The molecule has 1 heterocycles. The van der Waals surface area contributed by atoms with Gasteiger partial charge in [-0.2, -0.15) is 0 Å². The number of rotatable bonds is 3. The zero-order chi connectivity index (χ0) is 13.0. The van der Waals surface area contributed by atoms with E-state index in [9.17, 15) is 4.79 Å². The van der Waals surface area contributed by atoms with Crippen molar-refractivity contribution in [3.05, 3.63) is 0 Å². The van der Waals surface area contributed by atoms with Crippen LogP contribution in [-0.4, -0.2) is 36.1 Å². The van der Waals surface area contributed by atoms with Gasteiger partial charge in [0.2, 0.25) is 0 Å². The Hall–Kier alpha value is -0.280. The molecule has 3 nitrogen and oxygen atoms in total. The zero-order valence-electron chi connectivity index (χ0n) is 12.3. The third-order valence-corrected chi connectivity index (χ3v) is 4.59. The molecule has 0 amide bonds. The van der Waals surface area contributed by atoms with Crippen LogP contribution in [0.5, 0.6) is 0 Å². The van der Waals surface area contributed by atoms with Crippen LogP contribution < -0.4 is 0 Å². The first-order valence-electron chi connectivity index (χ1n) is 7.61. The minimum absolute atomic E-state index is 0. The van der Waals surface area contributed by atoms with Crippen molar-refractivity contribution >= 4 is 18.4 Å².